The van der Waals surface area contributed by atoms with Crippen molar-refractivity contribution in [3.63, 3.8) is 0 Å². The topological polar surface area (TPSA) is 33.1 Å². The van der Waals surface area contributed by atoms with Crippen LogP contribution in [0.2, 0.25) is 0 Å². The highest BCUT2D eigenvalue weighted by atomic mass is 15.3. The minimum atomic E-state index is 0.653. The lowest BCUT2D eigenvalue weighted by Gasteiger charge is -2.29. The lowest BCUT2D eigenvalue weighted by atomic mass is 10.2. The molecule has 1 N–H and O–H groups in total. The first-order valence-corrected chi connectivity index (χ1v) is 7.29. The number of hydrogen-bond donors (Lipinski definition) is 1. The summed E-state index contributed by atoms with van der Waals surface area (Å²) in [6, 6.07) is 0.653. The maximum Gasteiger partial charge on any atom is 0.0830 e. The van der Waals surface area contributed by atoms with Crippen LogP contribution in [0, 0.1) is 13.8 Å². The minimum Gasteiger partial charge on any atom is -0.366 e. The molecule has 1 aromatic heterocycles. The van der Waals surface area contributed by atoms with Crippen LogP contribution in [0.4, 0.5) is 5.69 Å². The smallest absolute Gasteiger partial charge is 0.0830 e. The van der Waals surface area contributed by atoms with E-state index in [1.54, 1.807) is 0 Å². The van der Waals surface area contributed by atoms with Crippen molar-refractivity contribution in [3.8, 4) is 0 Å². The average molecular weight is 248 g/mol. The Morgan fingerprint density at radius 3 is 2.44 bits per heavy atom. The molecule has 3 rings (SSSR count). The standard InChI is InChI=1S/C14H24N4/c1-11-14(17-9-7-15-8-10-17)12(2)18(16-11)13-5-3-4-6-13/h13,15H,3-10H2,1-2H3. The van der Waals surface area contributed by atoms with E-state index in [2.05, 4.69) is 28.7 Å². The predicted octanol–water partition coefficient (Wildman–Crippen LogP) is 2.02. The monoisotopic (exact) mass is 248 g/mol. The van der Waals surface area contributed by atoms with Crippen LogP contribution in [0.3, 0.4) is 0 Å². The maximum atomic E-state index is 4.82. The zero-order chi connectivity index (χ0) is 12.5. The summed E-state index contributed by atoms with van der Waals surface area (Å²) >= 11 is 0. The highest BCUT2D eigenvalue weighted by molar-refractivity contribution is 5.55. The van der Waals surface area contributed by atoms with Crippen molar-refractivity contribution in [2.45, 2.75) is 45.6 Å². The molecule has 18 heavy (non-hydrogen) atoms. The van der Waals surface area contributed by atoms with Gasteiger partial charge in [-0.15, -0.1) is 0 Å². The van der Waals surface area contributed by atoms with Crippen molar-refractivity contribution in [1.29, 1.82) is 0 Å². The van der Waals surface area contributed by atoms with E-state index in [4.69, 9.17) is 5.10 Å². The highest BCUT2D eigenvalue weighted by Gasteiger charge is 2.24. The Morgan fingerprint density at radius 1 is 1.11 bits per heavy atom. The summed E-state index contributed by atoms with van der Waals surface area (Å²) in [7, 11) is 0. The van der Waals surface area contributed by atoms with Crippen LogP contribution in [-0.4, -0.2) is 36.0 Å². The molecular weight excluding hydrogens is 224 g/mol. The van der Waals surface area contributed by atoms with E-state index in [-0.39, 0.29) is 0 Å². The number of nitrogens with one attached hydrogen (secondary N) is 1. The molecule has 0 amide bonds. The Balaban J connectivity index is 1.89. The van der Waals surface area contributed by atoms with Crippen LogP contribution in [-0.2, 0) is 0 Å². The largest absolute Gasteiger partial charge is 0.366 e. The van der Waals surface area contributed by atoms with Crippen molar-refractivity contribution >= 4 is 5.69 Å². The number of hydrogen-bond acceptors (Lipinski definition) is 3. The van der Waals surface area contributed by atoms with E-state index < -0.39 is 0 Å². The quantitative estimate of drug-likeness (QED) is 0.869. The van der Waals surface area contributed by atoms with Gasteiger partial charge in [-0.2, -0.15) is 5.10 Å². The van der Waals surface area contributed by atoms with Gasteiger partial charge in [0, 0.05) is 26.2 Å². The third-order valence-corrected chi connectivity index (χ3v) is 4.39. The molecule has 0 aromatic carbocycles. The zero-order valence-electron chi connectivity index (χ0n) is 11.6. The molecule has 4 heteroatoms. The van der Waals surface area contributed by atoms with Gasteiger partial charge < -0.3 is 10.2 Å². The average Bonchev–Trinajstić information content (AvgIpc) is 2.99. The number of aromatic nitrogens is 2. The fraction of sp³-hybridized carbons (Fsp3) is 0.786. The van der Waals surface area contributed by atoms with Crippen LogP contribution in [0.1, 0.15) is 43.1 Å². The van der Waals surface area contributed by atoms with Crippen molar-refractivity contribution in [2.75, 3.05) is 31.1 Å². The molecule has 0 unspecified atom stereocenters. The number of piperazine rings is 1. The van der Waals surface area contributed by atoms with Crippen LogP contribution in [0.5, 0.6) is 0 Å². The second-order valence-corrected chi connectivity index (χ2v) is 5.64. The Morgan fingerprint density at radius 2 is 1.78 bits per heavy atom. The van der Waals surface area contributed by atoms with Gasteiger partial charge in [0.15, 0.2) is 0 Å². The van der Waals surface area contributed by atoms with E-state index >= 15 is 0 Å². The van der Waals surface area contributed by atoms with Gasteiger partial charge in [0.05, 0.1) is 23.1 Å². The lowest BCUT2D eigenvalue weighted by Crippen LogP contribution is -2.44. The lowest BCUT2D eigenvalue weighted by molar-refractivity contribution is 0.454. The normalized spacial score (nSPS) is 21.8. The van der Waals surface area contributed by atoms with Gasteiger partial charge in [0.1, 0.15) is 0 Å². The van der Waals surface area contributed by atoms with Gasteiger partial charge in [-0.05, 0) is 26.7 Å². The summed E-state index contributed by atoms with van der Waals surface area (Å²) in [5.74, 6) is 0. The first-order chi connectivity index (χ1) is 8.77. The fourth-order valence-electron chi connectivity index (χ4n) is 3.50. The molecule has 0 spiro atoms. The molecule has 4 nitrogen and oxygen atoms in total. The molecule has 0 atom stereocenters. The molecule has 100 valence electrons. The summed E-state index contributed by atoms with van der Waals surface area (Å²) in [6.07, 6.45) is 5.35. The van der Waals surface area contributed by atoms with E-state index in [1.807, 2.05) is 0 Å². The molecule has 1 saturated carbocycles. The molecule has 0 bridgehead atoms. The SMILES string of the molecule is Cc1nn(C2CCCC2)c(C)c1N1CCNCC1. The molecule has 2 fully saturated rings. The van der Waals surface area contributed by atoms with Gasteiger partial charge in [0.25, 0.3) is 0 Å². The molecule has 2 heterocycles. The Bertz CT molecular complexity index is 412. The number of rotatable bonds is 2. The van der Waals surface area contributed by atoms with Gasteiger partial charge >= 0.3 is 0 Å². The molecule has 2 aliphatic rings. The van der Waals surface area contributed by atoms with Gasteiger partial charge in [-0.1, -0.05) is 12.8 Å². The summed E-state index contributed by atoms with van der Waals surface area (Å²) in [6.45, 7) is 8.81. The summed E-state index contributed by atoms with van der Waals surface area (Å²) in [4.78, 5) is 2.50. The third kappa shape index (κ3) is 2.03. The summed E-state index contributed by atoms with van der Waals surface area (Å²) in [5.41, 5.74) is 3.98. The van der Waals surface area contributed by atoms with E-state index in [1.165, 1.54) is 42.8 Å². The highest BCUT2D eigenvalue weighted by Crippen LogP contribution is 2.34. The van der Waals surface area contributed by atoms with Crippen molar-refractivity contribution in [2.24, 2.45) is 0 Å². The van der Waals surface area contributed by atoms with E-state index in [9.17, 15) is 0 Å². The molecule has 1 aromatic rings. The summed E-state index contributed by atoms with van der Waals surface area (Å²) in [5, 5.41) is 8.24. The van der Waals surface area contributed by atoms with E-state index in [0.717, 1.165) is 26.2 Å². The van der Waals surface area contributed by atoms with Gasteiger partial charge in [-0.25, -0.2) is 0 Å². The molecule has 0 radical (unpaired) electrons. The van der Waals surface area contributed by atoms with Crippen molar-refractivity contribution < 1.29 is 0 Å². The molecule has 1 aliphatic heterocycles. The van der Waals surface area contributed by atoms with Gasteiger partial charge in [-0.3, -0.25) is 4.68 Å². The second-order valence-electron chi connectivity index (χ2n) is 5.64. The molecular formula is C14H24N4. The van der Waals surface area contributed by atoms with Crippen LogP contribution >= 0.6 is 0 Å². The minimum absolute atomic E-state index is 0.653. The maximum absolute atomic E-state index is 4.82. The first kappa shape index (κ1) is 12.0. The van der Waals surface area contributed by atoms with Crippen LogP contribution in [0.15, 0.2) is 0 Å². The Hall–Kier alpha value is -1.03. The fourth-order valence-corrected chi connectivity index (χ4v) is 3.50. The number of aryl methyl sites for hydroxylation is 1. The molecule has 1 aliphatic carbocycles. The summed E-state index contributed by atoms with van der Waals surface area (Å²) < 4.78 is 2.31. The Labute approximate surface area is 109 Å². The third-order valence-electron chi connectivity index (χ3n) is 4.39. The second kappa shape index (κ2) is 4.92. The first-order valence-electron chi connectivity index (χ1n) is 7.29. The van der Waals surface area contributed by atoms with Crippen molar-refractivity contribution in [3.05, 3.63) is 11.4 Å². The number of nitrogens with zero attached hydrogens (tertiary/aromatic N) is 3. The van der Waals surface area contributed by atoms with Gasteiger partial charge in [0.2, 0.25) is 0 Å². The van der Waals surface area contributed by atoms with Crippen molar-refractivity contribution in [1.82, 2.24) is 15.1 Å². The molecule has 1 saturated heterocycles. The van der Waals surface area contributed by atoms with Crippen LogP contribution in [0.25, 0.3) is 0 Å². The van der Waals surface area contributed by atoms with E-state index in [0.29, 0.717) is 6.04 Å². The Kier molecular flexibility index (Phi) is 3.29. The zero-order valence-corrected chi connectivity index (χ0v) is 11.6. The number of anilines is 1. The predicted molar refractivity (Wildman–Crippen MR) is 74.3 cm³/mol. The van der Waals surface area contributed by atoms with Crippen LogP contribution < -0.4 is 10.2 Å².